The van der Waals surface area contributed by atoms with Crippen LogP contribution in [-0.4, -0.2) is 99.5 Å². The van der Waals surface area contributed by atoms with Gasteiger partial charge in [0.05, 0.1) is 13.2 Å². The molecule has 0 N–H and O–H groups in total. The average Bonchev–Trinajstić information content (AvgIpc) is 3.31. The van der Waals surface area contributed by atoms with Gasteiger partial charge in [-0.2, -0.15) is 23.5 Å². The van der Waals surface area contributed by atoms with Gasteiger partial charge in [-0.05, 0) is 153 Å². The second kappa shape index (κ2) is 24.6. The van der Waals surface area contributed by atoms with E-state index in [1.54, 1.807) is 0 Å². The van der Waals surface area contributed by atoms with E-state index in [1.165, 1.54) is 105 Å². The zero-order valence-corrected chi connectivity index (χ0v) is 49.2. The van der Waals surface area contributed by atoms with Crippen LogP contribution in [0.2, 0.25) is 0 Å². The summed E-state index contributed by atoms with van der Waals surface area (Å²) in [7, 11) is 0. The molecule has 0 spiro atoms. The Balaban J connectivity index is 1.55. The Labute approximate surface area is 446 Å². The van der Waals surface area contributed by atoms with Gasteiger partial charge in [-0.25, -0.2) is 0 Å². The Morgan fingerprint density at radius 3 is 0.778 bits per heavy atom. The second-order valence-electron chi connectivity index (χ2n) is 25.4. The van der Waals surface area contributed by atoms with E-state index in [0.29, 0.717) is 52.1 Å². The van der Waals surface area contributed by atoms with Crippen LogP contribution in [0.25, 0.3) is 0 Å². The minimum absolute atomic E-state index is 0.0965. The molecule has 2 fully saturated rings. The van der Waals surface area contributed by atoms with Crippen LogP contribution in [-0.2, 0) is 47.3 Å². The number of hydrogen-bond acceptors (Lipinski definition) is 8. The molecule has 2 saturated heterocycles. The highest BCUT2D eigenvalue weighted by Crippen LogP contribution is 2.44. The van der Waals surface area contributed by atoms with Gasteiger partial charge < -0.3 is 18.9 Å². The molecule has 0 saturated carbocycles. The lowest BCUT2D eigenvalue weighted by molar-refractivity contribution is 0.182. The van der Waals surface area contributed by atoms with Crippen LogP contribution in [0, 0.1) is 0 Å². The molecule has 6 nitrogen and oxygen atoms in total. The van der Waals surface area contributed by atoms with Crippen molar-refractivity contribution < 1.29 is 18.9 Å². The summed E-state index contributed by atoms with van der Waals surface area (Å²) in [5, 5.41) is 0. The van der Waals surface area contributed by atoms with Crippen molar-refractivity contribution in [2.45, 2.75) is 169 Å². The Morgan fingerprint density at radius 2 is 0.569 bits per heavy atom. The molecule has 8 heteroatoms. The molecule has 2 heterocycles. The maximum Gasteiger partial charge on any atom is 0.126 e. The first kappa shape index (κ1) is 56.4. The number of benzene rings is 4. The van der Waals surface area contributed by atoms with Gasteiger partial charge in [0.25, 0.3) is 0 Å². The van der Waals surface area contributed by atoms with Crippen LogP contribution in [0.5, 0.6) is 23.0 Å². The highest BCUT2D eigenvalue weighted by Gasteiger charge is 2.30. The molecule has 1 aliphatic carbocycles. The van der Waals surface area contributed by atoms with Gasteiger partial charge in [-0.3, -0.25) is 9.80 Å². The normalized spacial score (nSPS) is 16.4. The maximum atomic E-state index is 7.33. The van der Waals surface area contributed by atoms with Gasteiger partial charge in [0.15, 0.2) is 0 Å². The minimum atomic E-state index is -0.0965. The molecule has 0 amide bonds. The molecule has 72 heavy (non-hydrogen) atoms. The van der Waals surface area contributed by atoms with Crippen LogP contribution in [0.1, 0.15) is 188 Å². The summed E-state index contributed by atoms with van der Waals surface area (Å²) in [4.78, 5) is 5.20. The Bertz CT molecular complexity index is 2160. The van der Waals surface area contributed by atoms with Crippen molar-refractivity contribution in [3.05, 3.63) is 115 Å². The van der Waals surface area contributed by atoms with Crippen molar-refractivity contribution in [3.63, 3.8) is 0 Å². The van der Waals surface area contributed by atoms with Crippen LogP contribution in [0.4, 0.5) is 0 Å². The van der Waals surface area contributed by atoms with Crippen molar-refractivity contribution in [2.75, 3.05) is 89.7 Å². The molecule has 7 rings (SSSR count). The quantitative estimate of drug-likeness (QED) is 0.0906. The number of rotatable bonds is 16. The van der Waals surface area contributed by atoms with Crippen LogP contribution >= 0.6 is 23.5 Å². The highest BCUT2D eigenvalue weighted by molar-refractivity contribution is 7.98. The molecule has 0 aromatic heterocycles. The molecule has 0 radical (unpaired) electrons. The van der Waals surface area contributed by atoms with Crippen molar-refractivity contribution in [1.29, 1.82) is 0 Å². The van der Waals surface area contributed by atoms with Gasteiger partial charge >= 0.3 is 0 Å². The van der Waals surface area contributed by atoms with Gasteiger partial charge in [0.2, 0.25) is 0 Å². The lowest BCUT2D eigenvalue weighted by Gasteiger charge is -2.30. The summed E-state index contributed by atoms with van der Waals surface area (Å²) < 4.78 is 29.0. The topological polar surface area (TPSA) is 43.4 Å². The molecule has 4 aromatic carbocycles. The van der Waals surface area contributed by atoms with Crippen molar-refractivity contribution in [3.8, 4) is 23.0 Å². The summed E-state index contributed by atoms with van der Waals surface area (Å²) in [6, 6.07) is 19.7. The number of thioether (sulfide) groups is 2. The molecule has 8 bridgehead atoms. The molecule has 396 valence electrons. The fourth-order valence-electron chi connectivity index (χ4n) is 10.7. The molecule has 0 unspecified atom stereocenters. The number of nitrogens with zero attached hydrogens (tertiary/aromatic N) is 2. The van der Waals surface area contributed by atoms with Gasteiger partial charge in [0.1, 0.15) is 36.2 Å². The van der Waals surface area contributed by atoms with E-state index < -0.39 is 0 Å². The molecule has 4 aromatic rings. The van der Waals surface area contributed by atoms with Gasteiger partial charge in [-0.1, -0.05) is 144 Å². The number of likely N-dealkylation sites (tertiary alicyclic amines) is 2. The Hall–Kier alpha value is -3.30. The SMILES string of the molecule is CSCCOc1c2cc(C(C)(C)C)cc1Cc1cc(C(C)(C)C)cc(c1OCCN1CCCCC1)Cc1cc(C(C)(C)C)cc(c1OCCSC)Cc1cc(C(C)(C)C)cc(c1OCCN1CCCCC1)C2. The highest BCUT2D eigenvalue weighted by atomic mass is 32.2. The lowest BCUT2D eigenvalue weighted by Crippen LogP contribution is -2.33. The van der Waals surface area contributed by atoms with E-state index in [0.717, 1.165) is 73.8 Å². The number of fused-ring (bicyclic) bond motifs is 8. The molecule has 0 atom stereocenters. The van der Waals surface area contributed by atoms with Crippen molar-refractivity contribution in [1.82, 2.24) is 9.80 Å². The zero-order chi connectivity index (χ0) is 51.8. The fraction of sp³-hybridized carbons (Fsp3) is 0.625. The second-order valence-corrected chi connectivity index (χ2v) is 27.4. The number of piperidine rings is 2. The predicted octanol–water partition coefficient (Wildman–Crippen LogP) is 14.8. The molecular formula is C64H94N2O4S2. The molecular weight excluding hydrogens is 925 g/mol. The summed E-state index contributed by atoms with van der Waals surface area (Å²) >= 11 is 3.68. The first-order chi connectivity index (χ1) is 34.1. The monoisotopic (exact) mass is 1020 g/mol. The average molecular weight is 1020 g/mol. The first-order valence-corrected chi connectivity index (χ1v) is 30.5. The van der Waals surface area contributed by atoms with Crippen molar-refractivity contribution in [2.24, 2.45) is 0 Å². The maximum absolute atomic E-state index is 7.33. The predicted molar refractivity (Wildman–Crippen MR) is 311 cm³/mol. The van der Waals surface area contributed by atoms with Crippen molar-refractivity contribution >= 4 is 23.5 Å². The summed E-state index contributed by atoms with van der Waals surface area (Å²) in [6.45, 7) is 37.3. The Morgan fingerprint density at radius 1 is 0.347 bits per heavy atom. The standard InChI is InChI=1S/C64H94N2O4S2/c1-61(2,3)53-37-45-33-49-41-55(63(7,8)9)43-51(59(49)69-29-31-71-13)35-47-39-54(62(4,5)6)40-48(58(47)68-28-26-66-23-19-16-20-24-66)36-52-44-56(64(10,11)12)42-50(60(52)70-30-32-72-14)34-46(38-53)57(45)67-27-25-65-21-17-15-18-22-65/h37-44H,15-36H2,1-14H3. The van der Waals surface area contributed by atoms with E-state index in [1.807, 2.05) is 23.5 Å². The van der Waals surface area contributed by atoms with E-state index >= 15 is 0 Å². The minimum Gasteiger partial charge on any atom is -0.492 e. The summed E-state index contributed by atoms with van der Waals surface area (Å²) in [6.07, 6.45) is 14.8. The fourth-order valence-corrected chi connectivity index (χ4v) is 11.2. The molecule has 2 aliphatic heterocycles. The van der Waals surface area contributed by atoms with Crippen LogP contribution in [0.15, 0.2) is 48.5 Å². The molecule has 3 aliphatic rings. The van der Waals surface area contributed by atoms with E-state index in [4.69, 9.17) is 18.9 Å². The van der Waals surface area contributed by atoms with Gasteiger partial charge in [-0.15, -0.1) is 0 Å². The third-order valence-corrected chi connectivity index (χ3v) is 16.4. The van der Waals surface area contributed by atoms with E-state index in [-0.39, 0.29) is 21.7 Å². The Kier molecular flexibility index (Phi) is 19.3. The van der Waals surface area contributed by atoms with Crippen LogP contribution in [0.3, 0.4) is 0 Å². The van der Waals surface area contributed by atoms with E-state index in [9.17, 15) is 0 Å². The van der Waals surface area contributed by atoms with E-state index in [2.05, 4.69) is 154 Å². The third kappa shape index (κ3) is 15.0. The third-order valence-electron chi connectivity index (χ3n) is 15.2. The lowest BCUT2D eigenvalue weighted by atomic mass is 9.79. The number of ether oxygens (including phenoxy) is 4. The summed E-state index contributed by atoms with van der Waals surface area (Å²) in [5.74, 6) is 5.89. The summed E-state index contributed by atoms with van der Waals surface area (Å²) in [5.41, 5.74) is 14.7. The first-order valence-electron chi connectivity index (χ1n) is 27.7. The number of hydrogen-bond donors (Lipinski definition) is 0. The smallest absolute Gasteiger partial charge is 0.126 e. The van der Waals surface area contributed by atoms with Crippen LogP contribution < -0.4 is 18.9 Å². The largest absolute Gasteiger partial charge is 0.492 e. The van der Waals surface area contributed by atoms with Gasteiger partial charge in [0, 0.05) is 50.3 Å². The zero-order valence-electron chi connectivity index (χ0n) is 47.5.